The number of amides is 1. The SMILES string of the molecule is Cc1[nH]nc2ccc3nc(-c4ccc(C(=O)NO)nc4)c4c(c3c12)CCCC4. The van der Waals surface area contributed by atoms with Gasteiger partial charge in [0.15, 0.2) is 0 Å². The zero-order chi connectivity index (χ0) is 19.3. The van der Waals surface area contributed by atoms with Crippen molar-refractivity contribution in [2.45, 2.75) is 32.6 Å². The van der Waals surface area contributed by atoms with Crippen molar-refractivity contribution in [3.63, 3.8) is 0 Å². The molecule has 3 N–H and O–H groups in total. The zero-order valence-electron chi connectivity index (χ0n) is 15.4. The average molecular weight is 373 g/mol. The second-order valence-electron chi connectivity index (χ2n) is 7.20. The Bertz CT molecular complexity index is 1230. The molecule has 0 unspecified atom stereocenters. The number of aromatic amines is 1. The van der Waals surface area contributed by atoms with E-state index in [9.17, 15) is 4.79 Å². The van der Waals surface area contributed by atoms with Gasteiger partial charge in [0.1, 0.15) is 5.69 Å². The van der Waals surface area contributed by atoms with Gasteiger partial charge in [-0.3, -0.25) is 20.1 Å². The van der Waals surface area contributed by atoms with Gasteiger partial charge in [0, 0.05) is 28.2 Å². The summed E-state index contributed by atoms with van der Waals surface area (Å²) in [6, 6.07) is 7.46. The molecule has 1 amide bonds. The average Bonchev–Trinajstić information content (AvgIpc) is 3.13. The van der Waals surface area contributed by atoms with Gasteiger partial charge in [-0.15, -0.1) is 0 Å². The number of hydrogen-bond donors (Lipinski definition) is 3. The van der Waals surface area contributed by atoms with Gasteiger partial charge >= 0.3 is 0 Å². The second kappa shape index (κ2) is 6.38. The molecule has 0 atom stereocenters. The van der Waals surface area contributed by atoms with E-state index in [0.717, 1.165) is 59.1 Å². The monoisotopic (exact) mass is 373 g/mol. The van der Waals surface area contributed by atoms with E-state index in [-0.39, 0.29) is 5.69 Å². The molecule has 7 nitrogen and oxygen atoms in total. The summed E-state index contributed by atoms with van der Waals surface area (Å²) in [4.78, 5) is 20.7. The molecule has 0 fully saturated rings. The number of aromatic nitrogens is 4. The van der Waals surface area contributed by atoms with Crippen molar-refractivity contribution in [1.82, 2.24) is 25.6 Å². The maximum Gasteiger partial charge on any atom is 0.293 e. The van der Waals surface area contributed by atoms with Crippen LogP contribution in [-0.4, -0.2) is 31.3 Å². The van der Waals surface area contributed by atoms with Gasteiger partial charge in [-0.1, -0.05) is 0 Å². The van der Waals surface area contributed by atoms with Crippen LogP contribution in [0.5, 0.6) is 0 Å². The predicted molar refractivity (Wildman–Crippen MR) is 105 cm³/mol. The highest BCUT2D eigenvalue weighted by molar-refractivity contribution is 6.09. The Balaban J connectivity index is 1.77. The molecule has 3 heterocycles. The first-order valence-electron chi connectivity index (χ1n) is 9.37. The molecule has 1 aromatic carbocycles. The molecule has 3 aromatic heterocycles. The van der Waals surface area contributed by atoms with Crippen LogP contribution in [0.4, 0.5) is 0 Å². The van der Waals surface area contributed by atoms with Crippen LogP contribution >= 0.6 is 0 Å². The Morgan fingerprint density at radius 2 is 1.86 bits per heavy atom. The number of nitrogens with zero attached hydrogens (tertiary/aromatic N) is 3. The minimum atomic E-state index is -0.627. The first kappa shape index (κ1) is 16.8. The minimum Gasteiger partial charge on any atom is -0.288 e. The summed E-state index contributed by atoms with van der Waals surface area (Å²) >= 11 is 0. The number of benzene rings is 1. The van der Waals surface area contributed by atoms with E-state index >= 15 is 0 Å². The maximum atomic E-state index is 11.6. The third-order valence-corrected chi connectivity index (χ3v) is 5.54. The van der Waals surface area contributed by atoms with Crippen molar-refractivity contribution in [3.05, 3.63) is 53.0 Å². The highest BCUT2D eigenvalue weighted by atomic mass is 16.5. The number of rotatable bonds is 2. The molecule has 0 bridgehead atoms. The third-order valence-electron chi connectivity index (χ3n) is 5.54. The van der Waals surface area contributed by atoms with E-state index in [1.165, 1.54) is 16.5 Å². The number of fused-ring (bicyclic) bond motifs is 5. The van der Waals surface area contributed by atoms with Gasteiger partial charge < -0.3 is 0 Å². The van der Waals surface area contributed by atoms with Gasteiger partial charge in [-0.2, -0.15) is 5.10 Å². The van der Waals surface area contributed by atoms with Gasteiger partial charge in [0.25, 0.3) is 5.91 Å². The fraction of sp³-hybridized carbons (Fsp3) is 0.238. The number of carbonyl (C=O) groups is 1. The van der Waals surface area contributed by atoms with Crippen molar-refractivity contribution in [2.24, 2.45) is 0 Å². The number of nitrogens with one attached hydrogen (secondary N) is 2. The lowest BCUT2D eigenvalue weighted by molar-refractivity contribution is 0.0701. The molecule has 4 aromatic rings. The lowest BCUT2D eigenvalue weighted by Gasteiger charge is -2.22. The zero-order valence-corrected chi connectivity index (χ0v) is 15.4. The molecule has 5 rings (SSSR count). The van der Waals surface area contributed by atoms with Crippen LogP contribution in [0, 0.1) is 6.92 Å². The summed E-state index contributed by atoms with van der Waals surface area (Å²) in [6.45, 7) is 2.05. The largest absolute Gasteiger partial charge is 0.293 e. The highest BCUT2D eigenvalue weighted by Crippen LogP contribution is 2.38. The highest BCUT2D eigenvalue weighted by Gasteiger charge is 2.22. The van der Waals surface area contributed by atoms with Crippen LogP contribution < -0.4 is 5.48 Å². The number of hydroxylamine groups is 1. The van der Waals surface area contributed by atoms with E-state index in [4.69, 9.17) is 10.2 Å². The molecule has 1 aliphatic rings. The van der Waals surface area contributed by atoms with Crippen molar-refractivity contribution in [3.8, 4) is 11.3 Å². The van der Waals surface area contributed by atoms with Gasteiger partial charge in [-0.25, -0.2) is 10.5 Å². The lowest BCUT2D eigenvalue weighted by atomic mass is 9.85. The minimum absolute atomic E-state index is 0.164. The Morgan fingerprint density at radius 1 is 1.07 bits per heavy atom. The number of hydrogen-bond acceptors (Lipinski definition) is 5. The summed E-state index contributed by atoms with van der Waals surface area (Å²) in [5, 5.41) is 18.6. The Hall–Kier alpha value is -3.32. The first-order chi connectivity index (χ1) is 13.7. The first-order valence-corrected chi connectivity index (χ1v) is 9.37. The van der Waals surface area contributed by atoms with E-state index in [1.54, 1.807) is 17.7 Å². The summed E-state index contributed by atoms with van der Waals surface area (Å²) in [5.41, 5.74) is 9.15. The van der Waals surface area contributed by atoms with Crippen molar-refractivity contribution in [1.29, 1.82) is 0 Å². The Labute approximate surface area is 160 Å². The van der Waals surface area contributed by atoms with Gasteiger partial charge in [-0.05, 0) is 68.0 Å². The van der Waals surface area contributed by atoms with Crippen LogP contribution in [0.1, 0.15) is 40.2 Å². The van der Waals surface area contributed by atoms with Crippen molar-refractivity contribution >= 4 is 27.7 Å². The molecule has 0 saturated carbocycles. The van der Waals surface area contributed by atoms with Crippen LogP contribution in [0.25, 0.3) is 33.1 Å². The predicted octanol–water partition coefficient (Wildman–Crippen LogP) is 3.48. The fourth-order valence-corrected chi connectivity index (χ4v) is 4.25. The van der Waals surface area contributed by atoms with Crippen molar-refractivity contribution < 1.29 is 10.0 Å². The van der Waals surface area contributed by atoms with Crippen LogP contribution in [0.2, 0.25) is 0 Å². The summed E-state index contributed by atoms with van der Waals surface area (Å²) < 4.78 is 0. The summed E-state index contributed by atoms with van der Waals surface area (Å²) in [5.74, 6) is -0.627. The van der Waals surface area contributed by atoms with Crippen LogP contribution in [0.3, 0.4) is 0 Å². The van der Waals surface area contributed by atoms with E-state index in [0.29, 0.717) is 0 Å². The van der Waals surface area contributed by atoms with Gasteiger partial charge in [0.05, 0.1) is 16.7 Å². The Morgan fingerprint density at radius 3 is 2.61 bits per heavy atom. The maximum absolute atomic E-state index is 11.6. The number of H-pyrrole nitrogens is 1. The van der Waals surface area contributed by atoms with Crippen LogP contribution in [0.15, 0.2) is 30.5 Å². The van der Waals surface area contributed by atoms with Crippen LogP contribution in [-0.2, 0) is 12.8 Å². The topological polar surface area (TPSA) is 104 Å². The molecular weight excluding hydrogens is 354 g/mol. The number of aryl methyl sites for hydroxylation is 2. The second-order valence-corrected chi connectivity index (χ2v) is 7.20. The standard InChI is InChI=1S/C21H19N5O2/c1-11-18-16(25-24-11)9-8-15-19(18)13-4-2-3-5-14(13)20(23-15)12-6-7-17(22-10-12)21(27)26-28/h6-10,28H,2-5H2,1H3,(H,24,25)(H,26,27). The van der Waals surface area contributed by atoms with E-state index in [1.807, 2.05) is 25.1 Å². The Kier molecular flexibility index (Phi) is 3.84. The third kappa shape index (κ3) is 2.47. The van der Waals surface area contributed by atoms with Gasteiger partial charge in [0.2, 0.25) is 0 Å². The molecule has 0 spiro atoms. The molecule has 140 valence electrons. The molecule has 28 heavy (non-hydrogen) atoms. The molecule has 0 saturated heterocycles. The molecule has 1 aliphatic carbocycles. The lowest BCUT2D eigenvalue weighted by Crippen LogP contribution is -2.19. The molecule has 7 heteroatoms. The summed E-state index contributed by atoms with van der Waals surface area (Å²) in [7, 11) is 0. The smallest absolute Gasteiger partial charge is 0.288 e. The fourth-order valence-electron chi connectivity index (χ4n) is 4.25. The van der Waals surface area contributed by atoms with Crippen molar-refractivity contribution in [2.75, 3.05) is 0 Å². The quantitative estimate of drug-likeness (QED) is 0.369. The van der Waals surface area contributed by atoms with E-state index in [2.05, 4.69) is 15.2 Å². The summed E-state index contributed by atoms with van der Waals surface area (Å²) in [6.07, 6.45) is 5.93. The number of pyridine rings is 2. The van der Waals surface area contributed by atoms with E-state index < -0.39 is 5.91 Å². The molecule has 0 radical (unpaired) electrons. The molecular formula is C21H19N5O2. The normalized spacial score (nSPS) is 13.6. The number of carbonyl (C=O) groups excluding carboxylic acids is 1. The molecule has 0 aliphatic heterocycles.